The zero-order valence-corrected chi connectivity index (χ0v) is 19.5. The molecule has 190 valence electrons. The molecule has 1 unspecified atom stereocenters. The third-order valence-electron chi connectivity index (χ3n) is 4.52. The van der Waals surface area contributed by atoms with E-state index >= 15 is 0 Å². The molecule has 0 saturated heterocycles. The lowest BCUT2D eigenvalue weighted by molar-refractivity contribution is -0.348. The van der Waals surface area contributed by atoms with Crippen LogP contribution in [0.5, 0.6) is 0 Å². The van der Waals surface area contributed by atoms with Crippen molar-refractivity contribution in [2.45, 2.75) is 64.3 Å². The Labute approximate surface area is 194 Å². The van der Waals surface area contributed by atoms with Crippen molar-refractivity contribution in [3.63, 3.8) is 0 Å². The van der Waals surface area contributed by atoms with Crippen LogP contribution >= 0.6 is 11.8 Å². The number of alkyl carbamates (subject to hydrolysis) is 1. The standard InChI is InChI=1S/C20H22F7N3O3S/c1-9-6-11(18(21,19(22,23)24)20(25,26)27)7-10(2)13(9)29-14(31)12-8-34-15(28-12)30-16(32)33-17(3,4)5/h6-7,12H,8H2,1-5H3,(H,29,31)(H,28,30,32). The molecule has 0 radical (unpaired) electrons. The smallest absolute Gasteiger partial charge is 0.435 e. The molecule has 0 aromatic heterocycles. The van der Waals surface area contributed by atoms with Crippen molar-refractivity contribution in [2.24, 2.45) is 4.99 Å². The number of halogens is 7. The summed E-state index contributed by atoms with van der Waals surface area (Å²) in [6, 6.07) is -0.212. The van der Waals surface area contributed by atoms with Crippen LogP contribution in [0, 0.1) is 13.8 Å². The molecular weight excluding hydrogens is 495 g/mol. The largest absolute Gasteiger partial charge is 0.444 e. The van der Waals surface area contributed by atoms with Crippen LogP contribution < -0.4 is 10.6 Å². The molecule has 0 spiro atoms. The summed E-state index contributed by atoms with van der Waals surface area (Å²) >= 11 is 1.04. The van der Waals surface area contributed by atoms with Gasteiger partial charge < -0.3 is 10.1 Å². The van der Waals surface area contributed by atoms with Gasteiger partial charge in [-0.3, -0.25) is 10.1 Å². The summed E-state index contributed by atoms with van der Waals surface area (Å²) in [5.41, 5.74) is -8.47. The Balaban J connectivity index is 2.23. The van der Waals surface area contributed by atoms with Crippen LogP contribution in [0.15, 0.2) is 17.1 Å². The van der Waals surface area contributed by atoms with E-state index < -0.39 is 47.2 Å². The number of benzene rings is 1. The van der Waals surface area contributed by atoms with Gasteiger partial charge in [-0.25, -0.2) is 14.2 Å². The molecule has 0 bridgehead atoms. The van der Waals surface area contributed by atoms with Crippen molar-refractivity contribution >= 4 is 34.6 Å². The molecule has 34 heavy (non-hydrogen) atoms. The van der Waals surface area contributed by atoms with Crippen LogP contribution in [-0.4, -0.2) is 46.9 Å². The number of hydrogen-bond donors (Lipinski definition) is 2. The first kappa shape index (κ1) is 27.7. The summed E-state index contributed by atoms with van der Waals surface area (Å²) in [4.78, 5) is 28.4. The first-order valence-corrected chi connectivity index (χ1v) is 10.7. The van der Waals surface area contributed by atoms with Crippen molar-refractivity contribution in [1.82, 2.24) is 5.32 Å². The number of aryl methyl sites for hydroxylation is 2. The number of carbonyl (C=O) groups excluding carboxylic acids is 2. The van der Waals surface area contributed by atoms with Crippen LogP contribution in [-0.2, 0) is 15.2 Å². The second kappa shape index (κ2) is 9.27. The highest BCUT2D eigenvalue weighted by Crippen LogP contribution is 2.53. The molecule has 2 rings (SSSR count). The van der Waals surface area contributed by atoms with E-state index in [9.17, 15) is 40.3 Å². The van der Waals surface area contributed by atoms with E-state index in [-0.39, 0.29) is 27.7 Å². The van der Waals surface area contributed by atoms with E-state index in [4.69, 9.17) is 4.74 Å². The predicted octanol–water partition coefficient (Wildman–Crippen LogP) is 5.53. The van der Waals surface area contributed by atoms with E-state index in [1.165, 1.54) is 0 Å². The number of rotatable bonds is 3. The highest BCUT2D eigenvalue weighted by molar-refractivity contribution is 8.14. The Morgan fingerprint density at radius 3 is 1.91 bits per heavy atom. The number of carbonyl (C=O) groups is 2. The van der Waals surface area contributed by atoms with Crippen molar-refractivity contribution in [2.75, 3.05) is 11.1 Å². The SMILES string of the molecule is Cc1cc(C(F)(C(F)(F)F)C(F)(F)F)cc(C)c1NC(=O)C1CSC(NC(=O)OC(C)(C)C)=N1. The maximum Gasteiger partial charge on any atom is 0.435 e. The zero-order chi connectivity index (χ0) is 26.3. The van der Waals surface area contributed by atoms with Crippen molar-refractivity contribution in [3.05, 3.63) is 28.8 Å². The molecule has 14 heteroatoms. The van der Waals surface area contributed by atoms with Gasteiger partial charge in [0.2, 0.25) is 5.91 Å². The lowest BCUT2D eigenvalue weighted by Gasteiger charge is -2.31. The van der Waals surface area contributed by atoms with E-state index in [1.54, 1.807) is 20.8 Å². The molecule has 0 saturated carbocycles. The van der Waals surface area contributed by atoms with Crippen LogP contribution in [0.4, 0.5) is 41.2 Å². The number of amides is 2. The predicted molar refractivity (Wildman–Crippen MR) is 112 cm³/mol. The van der Waals surface area contributed by atoms with Gasteiger partial charge in [-0.2, -0.15) is 26.3 Å². The summed E-state index contributed by atoms with van der Waals surface area (Å²) in [5, 5.41) is 4.88. The quantitative estimate of drug-likeness (QED) is 0.517. The normalized spacial score (nSPS) is 17.3. The first-order valence-electron chi connectivity index (χ1n) is 9.72. The van der Waals surface area contributed by atoms with Crippen LogP contribution in [0.1, 0.15) is 37.5 Å². The Morgan fingerprint density at radius 1 is 0.971 bits per heavy atom. The number of amidine groups is 1. The number of anilines is 1. The van der Waals surface area contributed by atoms with Gasteiger partial charge in [0.1, 0.15) is 11.6 Å². The number of thioether (sulfide) groups is 1. The van der Waals surface area contributed by atoms with Gasteiger partial charge in [-0.1, -0.05) is 23.9 Å². The number of alkyl halides is 7. The number of nitrogens with zero attached hydrogens (tertiary/aromatic N) is 1. The molecule has 1 aromatic rings. The van der Waals surface area contributed by atoms with Gasteiger partial charge >= 0.3 is 24.1 Å². The van der Waals surface area contributed by atoms with Crippen molar-refractivity contribution in [3.8, 4) is 0 Å². The lowest BCUT2D eigenvalue weighted by atomic mass is 9.90. The number of hydrogen-bond acceptors (Lipinski definition) is 5. The van der Waals surface area contributed by atoms with Gasteiger partial charge in [-0.05, 0) is 45.7 Å². The lowest BCUT2D eigenvalue weighted by Crippen LogP contribution is -2.50. The molecule has 6 nitrogen and oxygen atoms in total. The summed E-state index contributed by atoms with van der Waals surface area (Å²) < 4.78 is 97.8. The van der Waals surface area contributed by atoms with Crippen LogP contribution in [0.25, 0.3) is 0 Å². The van der Waals surface area contributed by atoms with Crippen LogP contribution in [0.2, 0.25) is 0 Å². The van der Waals surface area contributed by atoms with Gasteiger partial charge in [0.15, 0.2) is 5.17 Å². The van der Waals surface area contributed by atoms with Gasteiger partial charge in [-0.15, -0.1) is 0 Å². The first-order chi connectivity index (χ1) is 15.3. The monoisotopic (exact) mass is 517 g/mol. The van der Waals surface area contributed by atoms with Gasteiger partial charge in [0.25, 0.3) is 0 Å². The highest BCUT2D eigenvalue weighted by Gasteiger charge is 2.73. The fourth-order valence-corrected chi connectivity index (χ4v) is 3.92. The Bertz CT molecular complexity index is 964. The van der Waals surface area contributed by atoms with Crippen LogP contribution in [0.3, 0.4) is 0 Å². The number of ether oxygens (including phenoxy) is 1. The molecule has 1 atom stereocenters. The average molecular weight is 517 g/mol. The fourth-order valence-electron chi connectivity index (χ4n) is 3.02. The third kappa shape index (κ3) is 5.94. The zero-order valence-electron chi connectivity index (χ0n) is 18.7. The Kier molecular flexibility index (Phi) is 7.56. The summed E-state index contributed by atoms with van der Waals surface area (Å²) in [6.45, 7) is 7.24. The summed E-state index contributed by atoms with van der Waals surface area (Å²) in [6.07, 6.45) is -13.3. The van der Waals surface area contributed by atoms with Crippen molar-refractivity contribution < 1.29 is 45.1 Å². The maximum absolute atomic E-state index is 14.4. The van der Waals surface area contributed by atoms with Crippen molar-refractivity contribution in [1.29, 1.82) is 0 Å². The average Bonchev–Trinajstić information content (AvgIpc) is 3.08. The van der Waals surface area contributed by atoms with E-state index in [0.717, 1.165) is 25.6 Å². The highest BCUT2D eigenvalue weighted by atomic mass is 32.2. The second-order valence-corrected chi connectivity index (χ2v) is 9.52. The minimum Gasteiger partial charge on any atom is -0.444 e. The maximum atomic E-state index is 14.4. The van der Waals surface area contributed by atoms with E-state index in [0.29, 0.717) is 12.1 Å². The minimum atomic E-state index is -6.25. The fraction of sp³-hybridized carbons (Fsp3) is 0.550. The van der Waals surface area contributed by atoms with Gasteiger partial charge in [0, 0.05) is 17.0 Å². The number of aliphatic imine (C=N–C) groups is 1. The topological polar surface area (TPSA) is 79.8 Å². The molecule has 0 fully saturated rings. The summed E-state index contributed by atoms with van der Waals surface area (Å²) in [7, 11) is 0. The molecule has 2 amide bonds. The summed E-state index contributed by atoms with van der Waals surface area (Å²) in [5.74, 6) is -0.603. The minimum absolute atomic E-state index is 0.0748. The second-order valence-electron chi connectivity index (χ2n) is 8.52. The number of nitrogens with one attached hydrogen (secondary N) is 2. The molecule has 2 N–H and O–H groups in total. The Morgan fingerprint density at radius 2 is 1.47 bits per heavy atom. The molecule has 1 aliphatic rings. The molecular formula is C20H22F7N3O3S. The molecule has 1 aromatic carbocycles. The van der Waals surface area contributed by atoms with Gasteiger partial charge in [0.05, 0.1) is 0 Å². The third-order valence-corrected chi connectivity index (χ3v) is 5.48. The Hall–Kier alpha value is -2.51. The van der Waals surface area contributed by atoms with E-state index in [2.05, 4.69) is 15.6 Å². The molecule has 1 heterocycles. The molecule has 0 aliphatic carbocycles. The van der Waals surface area contributed by atoms with E-state index in [1.807, 2.05) is 0 Å². The molecule has 1 aliphatic heterocycles.